The van der Waals surface area contributed by atoms with E-state index in [2.05, 4.69) is 17.0 Å². The van der Waals surface area contributed by atoms with E-state index < -0.39 is 23.7 Å². The summed E-state index contributed by atoms with van der Waals surface area (Å²) in [5, 5.41) is 11.1. The molecule has 4 atom stereocenters. The van der Waals surface area contributed by atoms with E-state index in [-0.39, 0.29) is 41.6 Å². The van der Waals surface area contributed by atoms with Crippen molar-refractivity contribution < 1.29 is 29.0 Å². The number of benzene rings is 2. The summed E-state index contributed by atoms with van der Waals surface area (Å²) >= 11 is 0. The van der Waals surface area contributed by atoms with Crippen LogP contribution in [0.25, 0.3) is 0 Å². The van der Waals surface area contributed by atoms with Gasteiger partial charge in [-0.2, -0.15) is 0 Å². The molecule has 8 nitrogen and oxygen atoms in total. The minimum Gasteiger partial charge on any atom is -0.507 e. The summed E-state index contributed by atoms with van der Waals surface area (Å²) in [4.78, 5) is 59.0. The first-order chi connectivity index (χ1) is 21.3. The number of Topliss-reactive ketones (excluding diaryl/α,β-unsaturated/α-hetero) is 1. The number of carbonyl (C=O) groups is 4. The summed E-state index contributed by atoms with van der Waals surface area (Å²) in [5.41, 5.74) is 3.69. The molecule has 7 rings (SSSR count). The van der Waals surface area contributed by atoms with Crippen LogP contribution in [0.1, 0.15) is 49.7 Å². The van der Waals surface area contributed by atoms with E-state index in [1.54, 1.807) is 19.1 Å². The fraction of sp³-hybridized carbons (Fsp3) is 0.389. The molecule has 2 fully saturated rings. The maximum Gasteiger partial charge on any atom is 0.233 e. The Kier molecular flexibility index (Phi) is 7.12. The minimum absolute atomic E-state index is 0.0471. The van der Waals surface area contributed by atoms with Gasteiger partial charge < -0.3 is 9.84 Å². The number of hydrogen-bond donors (Lipinski definition) is 1. The molecule has 8 heteroatoms. The second-order valence-electron chi connectivity index (χ2n) is 12.7. The number of allylic oxidation sites excluding steroid dienone is 6. The van der Waals surface area contributed by atoms with Crippen molar-refractivity contribution in [3.8, 4) is 11.5 Å². The summed E-state index contributed by atoms with van der Waals surface area (Å²) in [6, 6.07) is 15.1. The zero-order valence-electron chi connectivity index (χ0n) is 25.0. The van der Waals surface area contributed by atoms with E-state index in [9.17, 15) is 24.3 Å². The molecule has 44 heavy (non-hydrogen) atoms. The average Bonchev–Trinajstić information content (AvgIpc) is 3.29. The van der Waals surface area contributed by atoms with Crippen molar-refractivity contribution in [2.75, 3.05) is 20.2 Å². The third-order valence-electron chi connectivity index (χ3n) is 10.3. The standard InChI is InChI=1S/C36H36N2O6/c1-20-16-30(40)33-28(34(20)41)18-27-24(31(33)25-9-8-23(44-2)17-29(25)39)10-11-26-32(27)36(43)38(35(26)42)22-12-14-37(15-13-22)19-21-6-4-3-5-7-21/h3-10,16-17,22,26-27,31-32,39H,11-15,18-19H2,1-2H3/t26-,27+,31+,32-/m0/s1. The van der Waals surface area contributed by atoms with Gasteiger partial charge in [-0.15, -0.1) is 0 Å². The lowest BCUT2D eigenvalue weighted by Crippen LogP contribution is -2.47. The van der Waals surface area contributed by atoms with Crippen molar-refractivity contribution in [3.05, 3.63) is 94.1 Å². The van der Waals surface area contributed by atoms with Gasteiger partial charge in [0, 0.05) is 59.9 Å². The van der Waals surface area contributed by atoms with E-state index in [4.69, 9.17) is 4.74 Å². The third kappa shape index (κ3) is 4.54. The predicted molar refractivity (Wildman–Crippen MR) is 163 cm³/mol. The van der Waals surface area contributed by atoms with Gasteiger partial charge in [-0.3, -0.25) is 29.0 Å². The lowest BCUT2D eigenvalue weighted by Gasteiger charge is -2.42. The second-order valence-corrected chi connectivity index (χ2v) is 12.7. The van der Waals surface area contributed by atoms with Gasteiger partial charge in [-0.1, -0.05) is 48.0 Å². The number of phenolic OH excluding ortho intramolecular Hbond substituents is 1. The SMILES string of the molecule is COc1ccc([C@H]2C3=CC[C@@H]4C(=O)N(C5CCN(Cc6ccccc6)CC5)C(=O)[C@@H]4[C@@H]3CC3=C2C(=O)C=C(C)C3=O)c(O)c1. The van der Waals surface area contributed by atoms with Crippen LogP contribution in [0, 0.1) is 17.8 Å². The maximum atomic E-state index is 14.3. The fourth-order valence-corrected chi connectivity index (χ4v) is 8.19. The van der Waals surface area contributed by atoms with Crippen LogP contribution in [0.3, 0.4) is 0 Å². The summed E-state index contributed by atoms with van der Waals surface area (Å²) in [7, 11) is 1.51. The van der Waals surface area contributed by atoms with Gasteiger partial charge in [-0.25, -0.2) is 0 Å². The van der Waals surface area contributed by atoms with Crippen molar-refractivity contribution in [1.82, 2.24) is 9.80 Å². The van der Waals surface area contributed by atoms with Crippen molar-refractivity contribution in [2.24, 2.45) is 17.8 Å². The second kappa shape index (κ2) is 11.0. The van der Waals surface area contributed by atoms with Crippen molar-refractivity contribution in [1.29, 1.82) is 0 Å². The monoisotopic (exact) mass is 592 g/mol. The van der Waals surface area contributed by atoms with Gasteiger partial charge in [0.05, 0.1) is 18.9 Å². The zero-order chi connectivity index (χ0) is 30.7. The molecule has 1 N–H and O–H groups in total. The van der Waals surface area contributed by atoms with E-state index in [0.717, 1.165) is 38.0 Å². The van der Waals surface area contributed by atoms with Crippen LogP contribution in [-0.2, 0) is 25.7 Å². The topological polar surface area (TPSA) is 104 Å². The Hall–Kier alpha value is -4.30. The molecule has 0 bridgehead atoms. The molecule has 5 aliphatic rings. The molecule has 2 aromatic rings. The van der Waals surface area contributed by atoms with Gasteiger partial charge in [-0.05, 0) is 56.2 Å². The van der Waals surface area contributed by atoms with E-state index >= 15 is 0 Å². The number of aromatic hydroxyl groups is 1. The first kappa shape index (κ1) is 28.5. The Morgan fingerprint density at radius 2 is 1.70 bits per heavy atom. The Labute approximate surface area is 256 Å². The first-order valence-electron chi connectivity index (χ1n) is 15.5. The Balaban J connectivity index is 1.19. The summed E-state index contributed by atoms with van der Waals surface area (Å²) < 4.78 is 5.28. The molecule has 2 aliphatic heterocycles. The molecule has 0 aromatic heterocycles. The number of nitrogens with zero attached hydrogens (tertiary/aromatic N) is 2. The number of amides is 2. The van der Waals surface area contributed by atoms with Gasteiger partial charge in [0.15, 0.2) is 11.6 Å². The molecule has 0 radical (unpaired) electrons. The van der Waals surface area contributed by atoms with Crippen molar-refractivity contribution >= 4 is 23.4 Å². The number of piperidine rings is 1. The average molecular weight is 593 g/mol. The molecule has 2 heterocycles. The number of fused-ring (bicyclic) bond motifs is 3. The minimum atomic E-state index is -0.686. The van der Waals surface area contributed by atoms with Crippen LogP contribution in [-0.4, -0.2) is 64.5 Å². The van der Waals surface area contributed by atoms with Crippen LogP contribution >= 0.6 is 0 Å². The Bertz CT molecular complexity index is 1660. The zero-order valence-corrected chi connectivity index (χ0v) is 25.0. The van der Waals surface area contributed by atoms with Gasteiger partial charge in [0.25, 0.3) is 0 Å². The molecule has 2 saturated heterocycles. The number of phenols is 1. The highest BCUT2D eigenvalue weighted by molar-refractivity contribution is 6.23. The largest absolute Gasteiger partial charge is 0.507 e. The number of imide groups is 1. The molecule has 2 amide bonds. The molecule has 226 valence electrons. The Morgan fingerprint density at radius 1 is 0.955 bits per heavy atom. The summed E-state index contributed by atoms with van der Waals surface area (Å²) in [6.07, 6.45) is 5.43. The van der Waals surface area contributed by atoms with Crippen LogP contribution in [0.2, 0.25) is 0 Å². The van der Waals surface area contributed by atoms with E-state index in [1.807, 2.05) is 24.3 Å². The number of methoxy groups -OCH3 is 1. The van der Waals surface area contributed by atoms with Crippen LogP contribution in [0.15, 0.2) is 83.0 Å². The predicted octanol–water partition coefficient (Wildman–Crippen LogP) is 4.49. The van der Waals surface area contributed by atoms with Crippen molar-refractivity contribution in [3.63, 3.8) is 0 Å². The van der Waals surface area contributed by atoms with E-state index in [0.29, 0.717) is 34.5 Å². The molecule has 0 unspecified atom stereocenters. The van der Waals surface area contributed by atoms with Gasteiger partial charge >= 0.3 is 0 Å². The van der Waals surface area contributed by atoms with Crippen LogP contribution < -0.4 is 4.74 Å². The summed E-state index contributed by atoms with van der Waals surface area (Å²) in [5.74, 6) is -2.52. The van der Waals surface area contributed by atoms with E-state index in [1.165, 1.54) is 29.7 Å². The first-order valence-corrected chi connectivity index (χ1v) is 15.5. The maximum absolute atomic E-state index is 14.3. The Morgan fingerprint density at radius 3 is 2.41 bits per heavy atom. The number of carbonyl (C=O) groups excluding carboxylic acids is 4. The molecule has 0 spiro atoms. The molecular weight excluding hydrogens is 556 g/mol. The molecule has 0 saturated carbocycles. The molecule has 3 aliphatic carbocycles. The van der Waals surface area contributed by atoms with Gasteiger partial charge in [0.2, 0.25) is 11.8 Å². The third-order valence-corrected chi connectivity index (χ3v) is 10.3. The summed E-state index contributed by atoms with van der Waals surface area (Å²) in [6.45, 7) is 4.08. The number of rotatable bonds is 5. The molecular formula is C36H36N2O6. The number of hydrogen-bond acceptors (Lipinski definition) is 7. The normalized spacial score (nSPS) is 27.5. The van der Waals surface area contributed by atoms with Crippen LogP contribution in [0.4, 0.5) is 0 Å². The number of likely N-dealkylation sites (tertiary alicyclic amines) is 2. The smallest absolute Gasteiger partial charge is 0.233 e. The fourth-order valence-electron chi connectivity index (χ4n) is 8.19. The van der Waals surface area contributed by atoms with Crippen molar-refractivity contribution in [2.45, 2.75) is 51.1 Å². The number of ketones is 2. The lowest BCUT2D eigenvalue weighted by molar-refractivity contribution is -0.144. The lowest BCUT2D eigenvalue weighted by atomic mass is 9.59. The highest BCUT2D eigenvalue weighted by Gasteiger charge is 2.57. The highest BCUT2D eigenvalue weighted by Crippen LogP contribution is 2.56. The number of ether oxygens (including phenoxy) is 1. The van der Waals surface area contributed by atoms with Crippen LogP contribution in [0.5, 0.6) is 11.5 Å². The quantitative estimate of drug-likeness (QED) is 0.310. The molecule has 2 aromatic carbocycles. The van der Waals surface area contributed by atoms with Gasteiger partial charge in [0.1, 0.15) is 11.5 Å². The highest BCUT2D eigenvalue weighted by atomic mass is 16.5.